The first-order chi connectivity index (χ1) is 6.06. The highest BCUT2D eigenvalue weighted by atomic mass is 16.2. The van der Waals surface area contributed by atoms with E-state index in [-0.39, 0.29) is 5.91 Å². The standard InChI is InChI=1S/C11H19NO/c1-5-11(13)12-7-8(2)6-9(3)10(12)4/h5,8-10H,1,6-7H2,2-4H3. The van der Waals surface area contributed by atoms with Crippen LogP contribution in [-0.2, 0) is 4.79 Å². The van der Waals surface area contributed by atoms with Crippen molar-refractivity contribution < 1.29 is 4.79 Å². The number of carbonyl (C=O) groups excluding carboxylic acids is 1. The molecular weight excluding hydrogens is 162 g/mol. The Labute approximate surface area is 80.6 Å². The fourth-order valence-corrected chi connectivity index (χ4v) is 2.12. The summed E-state index contributed by atoms with van der Waals surface area (Å²) in [5, 5.41) is 0. The molecule has 0 radical (unpaired) electrons. The molecule has 0 bridgehead atoms. The van der Waals surface area contributed by atoms with Gasteiger partial charge in [0.1, 0.15) is 0 Å². The third kappa shape index (κ3) is 2.11. The van der Waals surface area contributed by atoms with E-state index in [9.17, 15) is 4.79 Å². The number of nitrogens with zero attached hydrogens (tertiary/aromatic N) is 1. The maximum absolute atomic E-state index is 11.5. The fourth-order valence-electron chi connectivity index (χ4n) is 2.12. The molecule has 3 unspecified atom stereocenters. The Morgan fingerprint density at radius 3 is 2.62 bits per heavy atom. The predicted molar refractivity (Wildman–Crippen MR) is 54.3 cm³/mol. The van der Waals surface area contributed by atoms with Gasteiger partial charge in [-0.2, -0.15) is 0 Å². The summed E-state index contributed by atoms with van der Waals surface area (Å²) >= 11 is 0. The van der Waals surface area contributed by atoms with Crippen LogP contribution in [0, 0.1) is 11.8 Å². The number of carbonyl (C=O) groups is 1. The average Bonchev–Trinajstić information content (AvgIpc) is 2.10. The van der Waals surface area contributed by atoms with Crippen molar-refractivity contribution >= 4 is 5.91 Å². The molecule has 0 N–H and O–H groups in total. The van der Waals surface area contributed by atoms with Gasteiger partial charge in [0.25, 0.3) is 0 Å². The van der Waals surface area contributed by atoms with Crippen molar-refractivity contribution in [3.8, 4) is 0 Å². The third-order valence-electron chi connectivity index (χ3n) is 3.06. The largest absolute Gasteiger partial charge is 0.336 e. The van der Waals surface area contributed by atoms with E-state index < -0.39 is 0 Å². The quantitative estimate of drug-likeness (QED) is 0.567. The molecule has 3 atom stereocenters. The predicted octanol–water partition coefficient (Wildman–Crippen LogP) is 2.07. The van der Waals surface area contributed by atoms with Crippen LogP contribution in [0.3, 0.4) is 0 Å². The van der Waals surface area contributed by atoms with E-state index in [4.69, 9.17) is 0 Å². The van der Waals surface area contributed by atoms with Crippen LogP contribution >= 0.6 is 0 Å². The van der Waals surface area contributed by atoms with Gasteiger partial charge in [-0.1, -0.05) is 20.4 Å². The lowest BCUT2D eigenvalue weighted by Gasteiger charge is -2.40. The summed E-state index contributed by atoms with van der Waals surface area (Å²) in [4.78, 5) is 13.4. The molecule has 0 aromatic carbocycles. The SMILES string of the molecule is C=CC(=O)N1CC(C)CC(C)C1C. The van der Waals surface area contributed by atoms with E-state index in [0.717, 1.165) is 6.54 Å². The van der Waals surface area contributed by atoms with Gasteiger partial charge in [0, 0.05) is 12.6 Å². The molecule has 0 spiro atoms. The van der Waals surface area contributed by atoms with Gasteiger partial charge in [-0.15, -0.1) is 0 Å². The number of amides is 1. The minimum atomic E-state index is 0.0749. The summed E-state index contributed by atoms with van der Waals surface area (Å²) in [6.07, 6.45) is 2.64. The van der Waals surface area contributed by atoms with Gasteiger partial charge in [-0.3, -0.25) is 4.79 Å². The van der Waals surface area contributed by atoms with Crippen molar-refractivity contribution in [2.24, 2.45) is 11.8 Å². The second kappa shape index (κ2) is 3.95. The average molecular weight is 181 g/mol. The van der Waals surface area contributed by atoms with Crippen LogP contribution < -0.4 is 0 Å². The summed E-state index contributed by atoms with van der Waals surface area (Å²) in [6.45, 7) is 10.9. The number of rotatable bonds is 1. The zero-order valence-electron chi connectivity index (χ0n) is 8.79. The van der Waals surface area contributed by atoms with Crippen molar-refractivity contribution in [3.63, 3.8) is 0 Å². The first kappa shape index (κ1) is 10.3. The molecule has 0 aromatic rings. The van der Waals surface area contributed by atoms with Crippen LogP contribution in [0.4, 0.5) is 0 Å². The second-order valence-corrected chi connectivity index (χ2v) is 4.25. The smallest absolute Gasteiger partial charge is 0.246 e. The molecule has 1 rings (SSSR count). The maximum Gasteiger partial charge on any atom is 0.246 e. The summed E-state index contributed by atoms with van der Waals surface area (Å²) in [6, 6.07) is 0.363. The number of likely N-dealkylation sites (tertiary alicyclic amines) is 1. The van der Waals surface area contributed by atoms with E-state index in [1.807, 2.05) is 4.90 Å². The maximum atomic E-state index is 11.5. The molecule has 1 aliphatic heterocycles. The first-order valence-corrected chi connectivity index (χ1v) is 4.99. The molecule has 2 nitrogen and oxygen atoms in total. The number of hydrogen-bond acceptors (Lipinski definition) is 1. The minimum absolute atomic E-state index is 0.0749. The van der Waals surface area contributed by atoms with E-state index in [1.165, 1.54) is 12.5 Å². The van der Waals surface area contributed by atoms with Gasteiger partial charge < -0.3 is 4.90 Å². The van der Waals surface area contributed by atoms with E-state index in [2.05, 4.69) is 27.4 Å². The normalized spacial score (nSPS) is 34.4. The molecule has 0 aliphatic carbocycles. The molecule has 2 heteroatoms. The number of piperidine rings is 1. The van der Waals surface area contributed by atoms with Gasteiger partial charge in [0.05, 0.1) is 0 Å². The number of hydrogen-bond donors (Lipinski definition) is 0. The van der Waals surface area contributed by atoms with Crippen molar-refractivity contribution in [1.29, 1.82) is 0 Å². The van der Waals surface area contributed by atoms with Crippen LogP contribution in [0.15, 0.2) is 12.7 Å². The van der Waals surface area contributed by atoms with E-state index in [0.29, 0.717) is 17.9 Å². The summed E-state index contributed by atoms with van der Waals surface area (Å²) < 4.78 is 0. The lowest BCUT2D eigenvalue weighted by Crippen LogP contribution is -2.48. The van der Waals surface area contributed by atoms with Crippen molar-refractivity contribution in [1.82, 2.24) is 4.90 Å². The van der Waals surface area contributed by atoms with Crippen LogP contribution in [0.1, 0.15) is 27.2 Å². The molecule has 0 aromatic heterocycles. The van der Waals surface area contributed by atoms with Gasteiger partial charge in [-0.25, -0.2) is 0 Å². The third-order valence-corrected chi connectivity index (χ3v) is 3.06. The minimum Gasteiger partial charge on any atom is -0.336 e. The van der Waals surface area contributed by atoms with Gasteiger partial charge in [-0.05, 0) is 31.3 Å². The highest BCUT2D eigenvalue weighted by Gasteiger charge is 2.30. The molecular formula is C11H19NO. The Hall–Kier alpha value is -0.790. The molecule has 1 fully saturated rings. The summed E-state index contributed by atoms with van der Waals surface area (Å²) in [7, 11) is 0. The Balaban J connectivity index is 2.71. The zero-order chi connectivity index (χ0) is 10.0. The van der Waals surface area contributed by atoms with E-state index in [1.54, 1.807) is 0 Å². The Morgan fingerprint density at radius 2 is 2.08 bits per heavy atom. The summed E-state index contributed by atoms with van der Waals surface area (Å²) in [5.41, 5.74) is 0. The highest BCUT2D eigenvalue weighted by molar-refractivity contribution is 5.87. The van der Waals surface area contributed by atoms with Crippen molar-refractivity contribution in [3.05, 3.63) is 12.7 Å². The first-order valence-electron chi connectivity index (χ1n) is 4.99. The molecule has 74 valence electrons. The Morgan fingerprint density at radius 1 is 1.46 bits per heavy atom. The Bertz CT molecular complexity index is 212. The van der Waals surface area contributed by atoms with Crippen LogP contribution in [0.2, 0.25) is 0 Å². The molecule has 1 heterocycles. The van der Waals surface area contributed by atoms with Crippen LogP contribution in [-0.4, -0.2) is 23.4 Å². The molecule has 13 heavy (non-hydrogen) atoms. The van der Waals surface area contributed by atoms with Crippen molar-refractivity contribution in [2.75, 3.05) is 6.54 Å². The highest BCUT2D eigenvalue weighted by Crippen LogP contribution is 2.26. The monoisotopic (exact) mass is 181 g/mol. The zero-order valence-corrected chi connectivity index (χ0v) is 8.79. The van der Waals surface area contributed by atoms with E-state index >= 15 is 0 Å². The van der Waals surface area contributed by atoms with Crippen molar-refractivity contribution in [2.45, 2.75) is 33.2 Å². The van der Waals surface area contributed by atoms with Gasteiger partial charge in [0.15, 0.2) is 0 Å². The second-order valence-electron chi connectivity index (χ2n) is 4.25. The lowest BCUT2D eigenvalue weighted by molar-refractivity contribution is -0.131. The lowest BCUT2D eigenvalue weighted by atomic mass is 9.86. The van der Waals surface area contributed by atoms with Gasteiger partial charge >= 0.3 is 0 Å². The fraction of sp³-hybridized carbons (Fsp3) is 0.727. The topological polar surface area (TPSA) is 20.3 Å². The molecule has 1 amide bonds. The molecule has 0 saturated carbocycles. The Kier molecular flexibility index (Phi) is 3.12. The van der Waals surface area contributed by atoms with Gasteiger partial charge in [0.2, 0.25) is 5.91 Å². The van der Waals surface area contributed by atoms with Crippen LogP contribution in [0.25, 0.3) is 0 Å². The molecule has 1 aliphatic rings. The summed E-state index contributed by atoms with van der Waals surface area (Å²) in [5.74, 6) is 1.30. The van der Waals surface area contributed by atoms with Crippen LogP contribution in [0.5, 0.6) is 0 Å². The molecule has 1 saturated heterocycles.